The number of fused-ring (bicyclic) bond motifs is 1. The molecule has 1 unspecified atom stereocenters. The Hall–Kier alpha value is -4.18. The fourth-order valence-electron chi connectivity index (χ4n) is 4.22. The van der Waals surface area contributed by atoms with E-state index in [0.717, 1.165) is 17.3 Å². The number of rotatable bonds is 9. The van der Waals surface area contributed by atoms with Crippen LogP contribution < -0.4 is 31.5 Å². The average molecular weight is 536 g/mol. The van der Waals surface area contributed by atoms with Crippen LogP contribution in [0.4, 0.5) is 5.69 Å². The van der Waals surface area contributed by atoms with Gasteiger partial charge in [0, 0.05) is 5.22 Å². The number of nitrogens with two attached hydrogens (primary N) is 2. The number of nitrogen functional groups attached to an aromatic ring is 1. The van der Waals surface area contributed by atoms with E-state index < -0.39 is 23.0 Å². The molecular weight excluding hydrogens is 506 g/mol. The van der Waals surface area contributed by atoms with Gasteiger partial charge in [-0.2, -0.15) is 0 Å². The van der Waals surface area contributed by atoms with E-state index in [9.17, 15) is 14.4 Å². The Kier molecular flexibility index (Phi) is 8.11. The quantitative estimate of drug-likeness (QED) is 0.399. The van der Waals surface area contributed by atoms with Crippen LogP contribution in [0.25, 0.3) is 11.0 Å². The highest BCUT2D eigenvalue weighted by molar-refractivity contribution is 8.10. The van der Waals surface area contributed by atoms with Crippen molar-refractivity contribution in [1.82, 2.24) is 4.57 Å². The van der Waals surface area contributed by atoms with Crippen LogP contribution in [0, 0.1) is 0 Å². The highest BCUT2D eigenvalue weighted by Gasteiger charge is 2.37. The summed E-state index contributed by atoms with van der Waals surface area (Å²) in [6.07, 6.45) is 1.70. The Balaban J connectivity index is 1.96. The van der Waals surface area contributed by atoms with Crippen LogP contribution in [0.1, 0.15) is 52.4 Å². The molecule has 4 rings (SSSR count). The lowest BCUT2D eigenvalue weighted by Gasteiger charge is -2.23. The van der Waals surface area contributed by atoms with Crippen LogP contribution in [0.3, 0.4) is 0 Å². The summed E-state index contributed by atoms with van der Waals surface area (Å²) in [5.74, 6) is -0.618. The minimum Gasteiger partial charge on any atom is -0.494 e. The predicted octanol–water partition coefficient (Wildman–Crippen LogP) is 2.59. The van der Waals surface area contributed by atoms with Gasteiger partial charge in [-0.25, -0.2) is 4.79 Å². The first-order valence-electron chi connectivity index (χ1n) is 12.2. The van der Waals surface area contributed by atoms with E-state index in [1.54, 1.807) is 49.4 Å². The Labute approximate surface area is 224 Å². The largest absolute Gasteiger partial charge is 0.494 e. The number of carbonyl (C=O) groups excluding carboxylic acids is 3. The lowest BCUT2D eigenvalue weighted by atomic mass is 10.1. The summed E-state index contributed by atoms with van der Waals surface area (Å²) in [6, 6.07) is 14.2. The molecule has 38 heavy (non-hydrogen) atoms. The van der Waals surface area contributed by atoms with Crippen molar-refractivity contribution in [2.75, 3.05) is 25.6 Å². The summed E-state index contributed by atoms with van der Waals surface area (Å²) in [7, 11) is 0. The van der Waals surface area contributed by atoms with E-state index in [4.69, 9.17) is 25.7 Å². The normalized spacial score (nSPS) is 15.2. The number of nitrogens with zero attached hydrogens (tertiary/aromatic N) is 1. The van der Waals surface area contributed by atoms with E-state index in [0.29, 0.717) is 35.5 Å². The molecule has 10 heteroatoms. The molecule has 1 amide bonds. The molecule has 0 fully saturated rings. The zero-order chi connectivity index (χ0) is 27.4. The van der Waals surface area contributed by atoms with Gasteiger partial charge in [0.2, 0.25) is 5.91 Å². The first kappa shape index (κ1) is 26.9. The molecule has 2 heterocycles. The second-order valence-corrected chi connectivity index (χ2v) is 9.37. The van der Waals surface area contributed by atoms with E-state index in [1.807, 2.05) is 26.0 Å². The van der Waals surface area contributed by atoms with Gasteiger partial charge in [0.05, 0.1) is 35.8 Å². The minimum atomic E-state index is -0.848. The summed E-state index contributed by atoms with van der Waals surface area (Å²) in [4.78, 5) is 39.8. The van der Waals surface area contributed by atoms with Crippen molar-refractivity contribution in [3.05, 3.63) is 75.9 Å². The molecule has 0 saturated carbocycles. The van der Waals surface area contributed by atoms with Gasteiger partial charge in [-0.3, -0.25) is 14.2 Å². The summed E-state index contributed by atoms with van der Waals surface area (Å²) in [5.41, 5.74) is 13.5. The number of esters is 1. The zero-order valence-electron chi connectivity index (χ0n) is 21.4. The first-order chi connectivity index (χ1) is 18.3. The zero-order valence-corrected chi connectivity index (χ0v) is 22.2. The smallest absolute Gasteiger partial charge is 0.357 e. The number of primary amides is 1. The molecule has 0 bridgehead atoms. The van der Waals surface area contributed by atoms with Crippen molar-refractivity contribution in [2.45, 2.75) is 26.0 Å². The number of anilines is 1. The molecule has 0 saturated heterocycles. The Bertz CT molecular complexity index is 1490. The van der Waals surface area contributed by atoms with Crippen LogP contribution in [-0.2, 0) is 9.53 Å². The van der Waals surface area contributed by atoms with Gasteiger partial charge < -0.3 is 25.7 Å². The maximum atomic E-state index is 13.9. The maximum Gasteiger partial charge on any atom is 0.357 e. The number of aromatic nitrogens is 1. The van der Waals surface area contributed by atoms with E-state index in [1.165, 1.54) is 4.57 Å². The molecule has 1 aliphatic rings. The maximum absolute atomic E-state index is 13.9. The molecule has 1 aliphatic heterocycles. The van der Waals surface area contributed by atoms with Gasteiger partial charge in [-0.05, 0) is 62.2 Å². The van der Waals surface area contributed by atoms with Crippen LogP contribution in [0.15, 0.2) is 48.5 Å². The van der Waals surface area contributed by atoms with E-state index in [-0.39, 0.29) is 28.2 Å². The van der Waals surface area contributed by atoms with Gasteiger partial charge in [0.25, 0.3) is 5.91 Å². The SMILES string of the molecule is CCOC(=O)c1c(N)/c(=C\c2ccc(OCC)cc2)c2n1C(=O)C(c1ccc(OCC)cc1)SC=2C(N)=O. The van der Waals surface area contributed by atoms with Crippen molar-refractivity contribution in [3.63, 3.8) is 0 Å². The average Bonchev–Trinajstić information content (AvgIpc) is 3.19. The van der Waals surface area contributed by atoms with Gasteiger partial charge in [-0.15, -0.1) is 0 Å². The Morgan fingerprint density at radius 2 is 1.53 bits per heavy atom. The van der Waals surface area contributed by atoms with Gasteiger partial charge in [0.1, 0.15) is 16.7 Å². The number of ether oxygens (including phenoxy) is 3. The third kappa shape index (κ3) is 5.12. The molecule has 4 N–H and O–H groups in total. The van der Waals surface area contributed by atoms with Gasteiger partial charge in [0.15, 0.2) is 5.69 Å². The monoisotopic (exact) mass is 535 g/mol. The molecule has 0 radical (unpaired) electrons. The molecule has 0 aliphatic carbocycles. The van der Waals surface area contributed by atoms with Crippen molar-refractivity contribution in [3.8, 4) is 11.5 Å². The number of hydrogen-bond acceptors (Lipinski definition) is 8. The van der Waals surface area contributed by atoms with Crippen molar-refractivity contribution >= 4 is 46.2 Å². The Morgan fingerprint density at radius 1 is 0.947 bits per heavy atom. The van der Waals surface area contributed by atoms with Gasteiger partial charge in [-0.1, -0.05) is 36.0 Å². The summed E-state index contributed by atoms with van der Waals surface area (Å²) >= 11 is 1.03. The lowest BCUT2D eigenvalue weighted by molar-refractivity contribution is -0.112. The summed E-state index contributed by atoms with van der Waals surface area (Å²) in [5, 5.41) is -0.347. The Morgan fingerprint density at radius 3 is 2.05 bits per heavy atom. The number of benzene rings is 2. The molecule has 1 atom stereocenters. The molecule has 1 aromatic heterocycles. The third-order valence-corrected chi connectivity index (χ3v) is 7.17. The highest BCUT2D eigenvalue weighted by Crippen LogP contribution is 2.39. The number of thioether (sulfide) groups is 1. The van der Waals surface area contributed by atoms with Crippen LogP contribution in [0.5, 0.6) is 11.5 Å². The lowest BCUT2D eigenvalue weighted by Crippen LogP contribution is -2.43. The van der Waals surface area contributed by atoms with E-state index in [2.05, 4.69) is 0 Å². The van der Waals surface area contributed by atoms with E-state index >= 15 is 0 Å². The van der Waals surface area contributed by atoms with Crippen molar-refractivity contribution < 1.29 is 28.6 Å². The fourth-order valence-corrected chi connectivity index (χ4v) is 5.39. The summed E-state index contributed by atoms with van der Waals surface area (Å²) in [6.45, 7) is 6.52. The standard InChI is InChI=1S/C28H29N3O6S/c1-4-35-18-11-7-16(8-12-18)15-20-21(29)23(28(34)37-6-3)31-22(20)25(26(30)32)38-24(27(31)33)17-9-13-19(14-10-17)36-5-2/h7-15,24H,4-6,29H2,1-3H3,(H2,30,32)/b20-15+. The van der Waals surface area contributed by atoms with Crippen molar-refractivity contribution in [2.24, 2.45) is 5.73 Å². The van der Waals surface area contributed by atoms with Crippen LogP contribution in [-0.4, -0.2) is 42.2 Å². The highest BCUT2D eigenvalue weighted by atomic mass is 32.2. The number of hydrogen-bond donors (Lipinski definition) is 2. The second-order valence-electron chi connectivity index (χ2n) is 8.26. The fraction of sp³-hybridized carbons (Fsp3) is 0.250. The molecule has 198 valence electrons. The van der Waals surface area contributed by atoms with Crippen molar-refractivity contribution in [1.29, 1.82) is 0 Å². The van der Waals surface area contributed by atoms with Crippen LogP contribution >= 0.6 is 11.8 Å². The van der Waals surface area contributed by atoms with Crippen LogP contribution in [0.2, 0.25) is 0 Å². The predicted molar refractivity (Wildman–Crippen MR) is 146 cm³/mol. The number of amides is 1. The first-order valence-corrected chi connectivity index (χ1v) is 13.1. The summed E-state index contributed by atoms with van der Waals surface area (Å²) < 4.78 is 17.4. The third-order valence-electron chi connectivity index (χ3n) is 5.83. The molecule has 2 aromatic carbocycles. The van der Waals surface area contributed by atoms with Gasteiger partial charge >= 0.3 is 5.97 Å². The topological polar surface area (TPSA) is 136 Å². The molecule has 0 spiro atoms. The molecular formula is C28H29N3O6S. The number of carbonyl (C=O) groups is 3. The second kappa shape index (κ2) is 11.5. The minimum absolute atomic E-state index is 0.0207. The molecule has 3 aromatic rings. The molecule has 9 nitrogen and oxygen atoms in total.